The average molecular weight is 250 g/mol. The number of carbonyl (C=O) groups is 1. The van der Waals surface area contributed by atoms with Crippen molar-refractivity contribution < 1.29 is 14.3 Å². The molecule has 1 atom stereocenters. The lowest BCUT2D eigenvalue weighted by molar-refractivity contribution is -0.154. The summed E-state index contributed by atoms with van der Waals surface area (Å²) in [5, 5.41) is 0. The van der Waals surface area contributed by atoms with Crippen LogP contribution in [0.15, 0.2) is 24.3 Å². The van der Waals surface area contributed by atoms with Crippen LogP contribution in [0.2, 0.25) is 0 Å². The van der Waals surface area contributed by atoms with E-state index in [1.807, 2.05) is 52.0 Å². The summed E-state index contributed by atoms with van der Waals surface area (Å²) in [6.45, 7) is 8.06. The van der Waals surface area contributed by atoms with Gasteiger partial charge >= 0.3 is 5.97 Å². The van der Waals surface area contributed by atoms with Crippen LogP contribution in [0.5, 0.6) is 5.75 Å². The highest BCUT2D eigenvalue weighted by molar-refractivity contribution is 5.77. The topological polar surface area (TPSA) is 35.5 Å². The lowest BCUT2D eigenvalue weighted by Crippen LogP contribution is -2.32. The Morgan fingerprint density at radius 3 is 2.50 bits per heavy atom. The molecule has 18 heavy (non-hydrogen) atoms. The second-order valence-electron chi connectivity index (χ2n) is 4.91. The van der Waals surface area contributed by atoms with Crippen LogP contribution in [-0.2, 0) is 9.53 Å². The molecule has 0 fully saturated rings. The molecule has 0 aliphatic carbocycles. The predicted molar refractivity (Wildman–Crippen MR) is 71.8 cm³/mol. The third-order valence-corrected chi connectivity index (χ3v) is 3.49. The Labute approximate surface area is 109 Å². The molecule has 1 rings (SSSR count). The van der Waals surface area contributed by atoms with Crippen LogP contribution >= 0.6 is 0 Å². The molecule has 3 heteroatoms. The molecule has 0 spiro atoms. The van der Waals surface area contributed by atoms with Gasteiger partial charge in [0.05, 0.1) is 19.1 Å². The molecule has 0 aliphatic rings. The van der Waals surface area contributed by atoms with Crippen molar-refractivity contribution >= 4 is 5.97 Å². The molecule has 3 nitrogen and oxygen atoms in total. The normalized spacial score (nSPS) is 12.9. The van der Waals surface area contributed by atoms with Crippen molar-refractivity contribution in [2.24, 2.45) is 5.41 Å². The predicted octanol–water partition coefficient (Wildman–Crippen LogP) is 3.39. The van der Waals surface area contributed by atoms with Gasteiger partial charge in [-0.1, -0.05) is 25.1 Å². The summed E-state index contributed by atoms with van der Waals surface area (Å²) in [5.74, 6) is 0.651. The van der Waals surface area contributed by atoms with Gasteiger partial charge in [-0.3, -0.25) is 4.79 Å². The number of hydrogen-bond acceptors (Lipinski definition) is 3. The van der Waals surface area contributed by atoms with Crippen LogP contribution < -0.4 is 4.74 Å². The molecule has 0 radical (unpaired) electrons. The molecule has 1 aromatic rings. The zero-order chi connectivity index (χ0) is 13.8. The molecule has 0 saturated heterocycles. The van der Waals surface area contributed by atoms with Crippen molar-refractivity contribution in [2.45, 2.75) is 33.6 Å². The Bertz CT molecular complexity index is 410. The summed E-state index contributed by atoms with van der Waals surface area (Å²) in [4.78, 5) is 12.0. The first-order chi connectivity index (χ1) is 8.45. The number of methoxy groups -OCH3 is 1. The fourth-order valence-electron chi connectivity index (χ4n) is 1.91. The summed E-state index contributed by atoms with van der Waals surface area (Å²) in [5.41, 5.74) is 0.447. The Hall–Kier alpha value is -1.51. The molecule has 1 aromatic carbocycles. The van der Waals surface area contributed by atoms with E-state index in [4.69, 9.17) is 9.47 Å². The van der Waals surface area contributed by atoms with Gasteiger partial charge in [0.2, 0.25) is 0 Å². The standard InChI is InChI=1S/C15H22O3/c1-6-18-14(16)15(3,4)11(2)12-9-7-8-10-13(12)17-5/h7-11H,6H2,1-5H3. The van der Waals surface area contributed by atoms with E-state index in [-0.39, 0.29) is 11.9 Å². The SMILES string of the molecule is CCOC(=O)C(C)(C)C(C)c1ccccc1OC. The number of benzene rings is 1. The van der Waals surface area contributed by atoms with Crippen LogP contribution in [0.4, 0.5) is 0 Å². The van der Waals surface area contributed by atoms with Gasteiger partial charge in [-0.25, -0.2) is 0 Å². The van der Waals surface area contributed by atoms with Crippen LogP contribution in [0, 0.1) is 5.41 Å². The highest BCUT2D eigenvalue weighted by atomic mass is 16.5. The minimum atomic E-state index is -0.579. The summed E-state index contributed by atoms with van der Waals surface area (Å²) in [6, 6.07) is 7.78. The molecule has 0 saturated carbocycles. The Morgan fingerprint density at radius 1 is 1.33 bits per heavy atom. The summed E-state index contributed by atoms with van der Waals surface area (Å²) in [6.07, 6.45) is 0. The first kappa shape index (κ1) is 14.6. The van der Waals surface area contributed by atoms with E-state index in [0.717, 1.165) is 11.3 Å². The van der Waals surface area contributed by atoms with Crippen molar-refractivity contribution in [1.82, 2.24) is 0 Å². The van der Waals surface area contributed by atoms with Crippen LogP contribution in [0.25, 0.3) is 0 Å². The van der Waals surface area contributed by atoms with Crippen molar-refractivity contribution in [3.8, 4) is 5.75 Å². The summed E-state index contributed by atoms with van der Waals surface area (Å²) in [7, 11) is 1.64. The zero-order valence-electron chi connectivity index (χ0n) is 11.8. The maximum Gasteiger partial charge on any atom is 0.312 e. The molecule has 0 heterocycles. The van der Waals surface area contributed by atoms with E-state index in [0.29, 0.717) is 6.61 Å². The second kappa shape index (κ2) is 5.89. The third-order valence-electron chi connectivity index (χ3n) is 3.49. The molecule has 0 bridgehead atoms. The smallest absolute Gasteiger partial charge is 0.312 e. The Morgan fingerprint density at radius 2 is 1.94 bits per heavy atom. The van der Waals surface area contributed by atoms with Gasteiger partial charge < -0.3 is 9.47 Å². The molecular formula is C15H22O3. The van der Waals surface area contributed by atoms with Crippen molar-refractivity contribution in [2.75, 3.05) is 13.7 Å². The minimum Gasteiger partial charge on any atom is -0.496 e. The van der Waals surface area contributed by atoms with Crippen molar-refractivity contribution in [1.29, 1.82) is 0 Å². The molecule has 0 aromatic heterocycles. The van der Waals surface area contributed by atoms with Gasteiger partial charge in [-0.2, -0.15) is 0 Å². The van der Waals surface area contributed by atoms with E-state index < -0.39 is 5.41 Å². The van der Waals surface area contributed by atoms with Crippen LogP contribution in [-0.4, -0.2) is 19.7 Å². The Balaban J connectivity index is 3.05. The van der Waals surface area contributed by atoms with Gasteiger partial charge in [-0.05, 0) is 32.4 Å². The molecule has 0 aliphatic heterocycles. The highest BCUT2D eigenvalue weighted by Crippen LogP contribution is 2.40. The van der Waals surface area contributed by atoms with Gasteiger partial charge in [-0.15, -0.1) is 0 Å². The number of hydrogen-bond donors (Lipinski definition) is 0. The van der Waals surface area contributed by atoms with E-state index in [1.54, 1.807) is 7.11 Å². The van der Waals surface area contributed by atoms with Gasteiger partial charge in [0.1, 0.15) is 5.75 Å². The van der Waals surface area contributed by atoms with Crippen molar-refractivity contribution in [3.63, 3.8) is 0 Å². The van der Waals surface area contributed by atoms with Crippen molar-refractivity contribution in [3.05, 3.63) is 29.8 Å². The van der Waals surface area contributed by atoms with E-state index in [9.17, 15) is 4.79 Å². The quantitative estimate of drug-likeness (QED) is 0.751. The maximum absolute atomic E-state index is 12.0. The molecule has 0 N–H and O–H groups in total. The summed E-state index contributed by atoms with van der Waals surface area (Å²) >= 11 is 0. The molecular weight excluding hydrogens is 228 g/mol. The Kier molecular flexibility index (Phi) is 4.76. The number of carbonyl (C=O) groups excluding carboxylic acids is 1. The lowest BCUT2D eigenvalue weighted by Gasteiger charge is -2.30. The molecule has 1 unspecified atom stereocenters. The number of esters is 1. The molecule has 100 valence electrons. The zero-order valence-corrected chi connectivity index (χ0v) is 11.8. The number of rotatable bonds is 5. The summed E-state index contributed by atoms with van der Waals surface area (Å²) < 4.78 is 10.5. The fourth-order valence-corrected chi connectivity index (χ4v) is 1.91. The van der Waals surface area contributed by atoms with Gasteiger partial charge in [0.15, 0.2) is 0 Å². The van der Waals surface area contributed by atoms with Gasteiger partial charge in [0.25, 0.3) is 0 Å². The average Bonchev–Trinajstić information content (AvgIpc) is 2.38. The number of para-hydroxylation sites is 1. The third kappa shape index (κ3) is 2.84. The number of ether oxygens (including phenoxy) is 2. The van der Waals surface area contributed by atoms with Gasteiger partial charge in [0, 0.05) is 5.92 Å². The monoisotopic (exact) mass is 250 g/mol. The largest absolute Gasteiger partial charge is 0.496 e. The fraction of sp³-hybridized carbons (Fsp3) is 0.533. The highest BCUT2D eigenvalue weighted by Gasteiger charge is 2.37. The first-order valence-electron chi connectivity index (χ1n) is 6.25. The molecule has 0 amide bonds. The first-order valence-corrected chi connectivity index (χ1v) is 6.25. The van der Waals surface area contributed by atoms with E-state index in [1.165, 1.54) is 0 Å². The maximum atomic E-state index is 12.0. The van der Waals surface area contributed by atoms with E-state index >= 15 is 0 Å². The van der Waals surface area contributed by atoms with Crippen LogP contribution in [0.1, 0.15) is 39.2 Å². The minimum absolute atomic E-state index is 0.0210. The second-order valence-corrected chi connectivity index (χ2v) is 4.91. The lowest BCUT2D eigenvalue weighted by atomic mass is 9.76. The van der Waals surface area contributed by atoms with Crippen LogP contribution in [0.3, 0.4) is 0 Å². The van der Waals surface area contributed by atoms with E-state index in [2.05, 4.69) is 0 Å².